The van der Waals surface area contributed by atoms with Gasteiger partial charge in [0.15, 0.2) is 16.6 Å². The third kappa shape index (κ3) is 30.5. The van der Waals surface area contributed by atoms with E-state index < -0.39 is 64.5 Å². The monoisotopic (exact) mass is 1310 g/mol. The van der Waals surface area contributed by atoms with Gasteiger partial charge in [0.1, 0.15) is 17.0 Å². The molecule has 0 saturated carbocycles. The second-order valence-electron chi connectivity index (χ2n) is 29.6. The molecule has 2 aromatic rings. The molecule has 2 aromatic heterocycles. The Morgan fingerprint density at radius 1 is 0.576 bits per heavy atom. The van der Waals surface area contributed by atoms with Crippen LogP contribution in [0.4, 0.5) is 0 Å². The van der Waals surface area contributed by atoms with Crippen LogP contribution in [0.2, 0.25) is 42.1 Å². The van der Waals surface area contributed by atoms with Crippen LogP contribution in [0.3, 0.4) is 0 Å². The molecule has 85 heavy (non-hydrogen) atoms. The van der Waals surface area contributed by atoms with Crippen LogP contribution in [0.15, 0.2) is 35.0 Å². The Kier molecular flexibility index (Phi) is 34.2. The van der Waals surface area contributed by atoms with Gasteiger partial charge >= 0.3 is 26.2 Å². The van der Waals surface area contributed by atoms with E-state index in [-0.39, 0.29) is 82.3 Å². The van der Waals surface area contributed by atoms with Crippen LogP contribution in [0.25, 0.3) is 0 Å². The highest BCUT2D eigenvalue weighted by molar-refractivity contribution is 7.10. The second-order valence-corrected chi connectivity index (χ2v) is 41.6. The highest BCUT2D eigenvalue weighted by Crippen LogP contribution is 2.44. The Balaban J connectivity index is 0.00000132. The largest absolute Gasteiger partial charge is 0.475 e. The first-order chi connectivity index (χ1) is 37.9. The van der Waals surface area contributed by atoms with E-state index in [4.69, 9.17) is 54.3 Å². The molecule has 0 aliphatic carbocycles. The molecule has 2 unspecified atom stereocenters. The van der Waals surface area contributed by atoms with Crippen molar-refractivity contribution in [3.63, 3.8) is 0 Å². The van der Waals surface area contributed by atoms with Gasteiger partial charge in [-0.05, 0) is 213 Å². The van der Waals surface area contributed by atoms with Crippen molar-refractivity contribution in [1.82, 2.24) is 4.90 Å². The summed E-state index contributed by atoms with van der Waals surface area (Å²) in [6.07, 6.45) is 3.54. The number of halogens is 2. The number of Topliss-reactive ketones (excluding diaryl/α,β-unsaturated/α-hetero) is 1. The molecular formula is C63H118B2Cl2N2O12S2Si2. The minimum atomic E-state index is -2.15. The number of carbonyl (C=O) groups is 4. The lowest BCUT2D eigenvalue weighted by atomic mass is 9.66. The summed E-state index contributed by atoms with van der Waals surface area (Å²) in [5.41, 5.74) is 3.57. The molecule has 2 fully saturated rings. The van der Waals surface area contributed by atoms with E-state index in [1.54, 1.807) is 22.7 Å². The smallest absolute Gasteiger partial charge is 0.460 e. The zero-order chi connectivity index (χ0) is 65.3. The van der Waals surface area contributed by atoms with Crippen LogP contribution in [-0.4, -0.2) is 130 Å². The second kappa shape index (κ2) is 34.8. The normalized spacial score (nSPS) is 18.0. The molecule has 0 amide bonds. The van der Waals surface area contributed by atoms with E-state index >= 15 is 0 Å². The molecule has 0 bridgehead atoms. The van der Waals surface area contributed by atoms with Crippen LogP contribution in [-0.2, 0) is 69.0 Å². The standard InChI is InChI=1S/C29H51BO6SSi.C22H46BNO5Si.C6H5ClOS.C6H15N.ClH/c1-26(2,3)33-25(32)20-23(34-38(11,12)27(4,5)6)16-15-21(18-22(31)19-24-14-13-17-37-24)30-35-28(7,8)29(9,10)36-30;1-19(2,3)26-18(25)15-16(27-30(11,12)20(4,5)6)13-14-17(24)23-28-21(7,8)22(9,10)29-23;7-6(8)4-5-2-1-3-9-5;1-4-7(5-2)6-3;/h13-14,17,21,23H,15-16,18-20H2,1-12H3;16-17H,13-15,24H2,1-12H3;1-3H,4H2;4-6H2,1-3H3;1H/t21?,23-;16-,17?;;;/m00.../s1. The predicted octanol–water partition coefficient (Wildman–Crippen LogP) is 16.3. The summed E-state index contributed by atoms with van der Waals surface area (Å²) in [4.78, 5) is 53.2. The quantitative estimate of drug-likeness (QED) is 0.0565. The lowest BCUT2D eigenvalue weighted by molar-refractivity contribution is -0.158. The highest BCUT2D eigenvalue weighted by atomic mass is 35.5. The molecule has 2 saturated heterocycles. The Hall–Kier alpha value is -1.50. The summed E-state index contributed by atoms with van der Waals surface area (Å²) in [7, 11) is -5.17. The molecule has 0 aromatic carbocycles. The van der Waals surface area contributed by atoms with Crippen molar-refractivity contribution in [2.45, 2.75) is 311 Å². The minimum absolute atomic E-state index is 0. The van der Waals surface area contributed by atoms with E-state index in [9.17, 15) is 19.2 Å². The van der Waals surface area contributed by atoms with E-state index in [1.807, 2.05) is 132 Å². The van der Waals surface area contributed by atoms with Crippen molar-refractivity contribution in [3.8, 4) is 0 Å². The number of thiophene rings is 2. The average molecular weight is 1310 g/mol. The summed E-state index contributed by atoms with van der Waals surface area (Å²) in [6.45, 7) is 59.6. The fraction of sp³-hybridized carbons (Fsp3) is 0.810. The van der Waals surface area contributed by atoms with E-state index in [1.165, 1.54) is 19.6 Å². The van der Waals surface area contributed by atoms with Crippen LogP contribution < -0.4 is 5.73 Å². The van der Waals surface area contributed by atoms with Crippen LogP contribution in [0.1, 0.15) is 214 Å². The van der Waals surface area contributed by atoms with Gasteiger partial charge in [-0.15, -0.1) is 35.1 Å². The topological polar surface area (TPSA) is 171 Å². The Labute approximate surface area is 539 Å². The van der Waals surface area contributed by atoms with E-state index in [2.05, 4.69) is 93.4 Å². The molecule has 4 heterocycles. The summed E-state index contributed by atoms with van der Waals surface area (Å²) < 4.78 is 49.5. The van der Waals surface area contributed by atoms with Gasteiger partial charge in [-0.3, -0.25) is 19.2 Å². The molecule has 14 nitrogen and oxygen atoms in total. The predicted molar refractivity (Wildman–Crippen MR) is 365 cm³/mol. The van der Waals surface area contributed by atoms with E-state index in [0.29, 0.717) is 44.9 Å². The average Bonchev–Trinajstić information content (AvgIpc) is 2.52. The fourth-order valence-corrected chi connectivity index (χ4v) is 12.8. The number of carbonyl (C=O) groups excluding carboxylic acids is 4. The molecule has 2 N–H and O–H groups in total. The third-order valence-electron chi connectivity index (χ3n) is 16.8. The van der Waals surface area contributed by atoms with Crippen molar-refractivity contribution >= 4 is 101 Å². The minimum Gasteiger partial charge on any atom is -0.460 e. The Bertz CT molecular complexity index is 2240. The number of ketones is 1. The van der Waals surface area contributed by atoms with E-state index in [0.717, 1.165) is 9.75 Å². The van der Waals surface area contributed by atoms with Gasteiger partial charge in [0.2, 0.25) is 5.24 Å². The SMILES string of the molecule is CC(C)(C)OC(=O)C[C@H](CCC(CC(=O)Cc1cccs1)B1OC(C)(C)C(C)(C)O1)O[Si](C)(C)C(C)(C)C.CC(C)(C)OC(=O)C[C@H](CCC(N)B1OC(C)(C)C(C)(C)O1)O[Si](C)(C)C(C)(C)C.CCN(CC)CC.Cl.O=C(Cl)Cc1cccs1. The summed E-state index contributed by atoms with van der Waals surface area (Å²) in [6, 6.07) is 7.76. The zero-order valence-electron chi connectivity index (χ0n) is 57.9. The van der Waals surface area contributed by atoms with Crippen molar-refractivity contribution in [3.05, 3.63) is 44.8 Å². The fourth-order valence-electron chi connectivity index (χ4n) is 8.32. The maximum Gasteiger partial charge on any atom is 0.475 e. The van der Waals surface area contributed by atoms with Gasteiger partial charge in [-0.2, -0.15) is 0 Å². The number of esters is 2. The van der Waals surface area contributed by atoms with Crippen molar-refractivity contribution < 1.29 is 56.1 Å². The van der Waals surface area contributed by atoms with Crippen molar-refractivity contribution in [1.29, 1.82) is 0 Å². The molecule has 2 aliphatic rings. The lowest BCUT2D eigenvalue weighted by Crippen LogP contribution is -2.46. The number of ether oxygens (including phenoxy) is 2. The first-order valence-corrected chi connectivity index (χ1v) is 38.6. The van der Waals surface area contributed by atoms with Crippen molar-refractivity contribution in [2.75, 3.05) is 19.6 Å². The summed E-state index contributed by atoms with van der Waals surface area (Å²) >= 11 is 8.28. The number of rotatable bonds is 25. The van der Waals surface area contributed by atoms with Crippen LogP contribution in [0.5, 0.6) is 0 Å². The molecule has 492 valence electrons. The van der Waals surface area contributed by atoms with Gasteiger partial charge in [0.25, 0.3) is 0 Å². The van der Waals surface area contributed by atoms with Crippen molar-refractivity contribution in [2.24, 2.45) is 5.73 Å². The first-order valence-electron chi connectivity index (χ1n) is 30.7. The summed E-state index contributed by atoms with van der Waals surface area (Å²) in [5, 5.41) is 3.68. The molecule has 0 spiro atoms. The maximum atomic E-state index is 13.1. The Morgan fingerprint density at radius 2 is 0.918 bits per heavy atom. The molecule has 4 rings (SSSR count). The number of nitrogens with two attached hydrogens (primary N) is 1. The number of hydrogen-bond donors (Lipinski definition) is 1. The third-order valence-corrected chi connectivity index (χ3v) is 27.8. The molecular weight excluding hydrogens is 1190 g/mol. The van der Waals surface area contributed by atoms with Gasteiger partial charge < -0.3 is 47.6 Å². The number of hydrogen-bond acceptors (Lipinski definition) is 16. The maximum absolute atomic E-state index is 13.1. The zero-order valence-corrected chi connectivity index (χ0v) is 63.1. The molecule has 0 radical (unpaired) electrons. The molecule has 2 aliphatic heterocycles. The van der Waals surface area contributed by atoms with Gasteiger partial charge in [-0.1, -0.05) is 74.4 Å². The first kappa shape index (κ1) is 83.5. The molecule has 22 heteroatoms. The van der Waals surface area contributed by atoms with Gasteiger partial charge in [0, 0.05) is 34.4 Å². The molecule has 4 atom stereocenters. The van der Waals surface area contributed by atoms with Crippen LogP contribution >= 0.6 is 46.7 Å². The van der Waals surface area contributed by atoms with Gasteiger partial charge in [-0.25, -0.2) is 0 Å². The van der Waals surface area contributed by atoms with Gasteiger partial charge in [0.05, 0.1) is 53.9 Å². The lowest BCUT2D eigenvalue weighted by Gasteiger charge is -2.39. The Morgan fingerprint density at radius 3 is 1.21 bits per heavy atom. The summed E-state index contributed by atoms with van der Waals surface area (Å²) in [5.74, 6) is -0.776. The van der Waals surface area contributed by atoms with Crippen LogP contribution in [0, 0.1) is 0 Å². The highest BCUT2D eigenvalue weighted by Gasteiger charge is 2.55. The number of nitrogens with zero attached hydrogens (tertiary/aromatic N) is 1.